The Morgan fingerprint density at radius 2 is 1.96 bits per heavy atom. The van der Waals surface area contributed by atoms with E-state index in [4.69, 9.17) is 9.84 Å². The van der Waals surface area contributed by atoms with Gasteiger partial charge in [-0.2, -0.15) is 5.10 Å². The molecule has 2 rings (SSSR count). The van der Waals surface area contributed by atoms with Gasteiger partial charge in [0.2, 0.25) is 0 Å². The van der Waals surface area contributed by atoms with Crippen LogP contribution in [0.4, 0.5) is 0 Å². The third-order valence-corrected chi connectivity index (χ3v) is 3.25. The highest BCUT2D eigenvalue weighted by molar-refractivity contribution is 5.94. The van der Waals surface area contributed by atoms with Crippen LogP contribution in [0, 0.1) is 0 Å². The number of aromatic nitrogens is 2. The summed E-state index contributed by atoms with van der Waals surface area (Å²) in [5, 5.41) is 13.1. The molecule has 0 radical (unpaired) electrons. The van der Waals surface area contributed by atoms with E-state index in [-0.39, 0.29) is 18.1 Å². The number of benzene rings is 1. The zero-order valence-corrected chi connectivity index (χ0v) is 13.1. The fourth-order valence-corrected chi connectivity index (χ4v) is 2.16. The summed E-state index contributed by atoms with van der Waals surface area (Å²) in [6, 6.07) is 8.82. The molecule has 0 aliphatic rings. The first-order valence-corrected chi connectivity index (χ1v) is 7.26. The van der Waals surface area contributed by atoms with Gasteiger partial charge in [-0.25, -0.2) is 4.68 Å². The Morgan fingerprint density at radius 1 is 1.26 bits per heavy atom. The van der Waals surface area contributed by atoms with Gasteiger partial charge in [0, 0.05) is 12.7 Å². The molecule has 0 aliphatic carbocycles. The van der Waals surface area contributed by atoms with Crippen LogP contribution in [0.15, 0.2) is 36.5 Å². The Labute approximate surface area is 134 Å². The first-order valence-electron chi connectivity index (χ1n) is 7.26. The van der Waals surface area contributed by atoms with Crippen LogP contribution in [0.25, 0.3) is 5.69 Å². The van der Waals surface area contributed by atoms with E-state index in [0.29, 0.717) is 13.0 Å². The lowest BCUT2D eigenvalue weighted by molar-refractivity contribution is -0.137. The fourth-order valence-electron chi connectivity index (χ4n) is 2.16. The number of methoxy groups -OCH3 is 1. The standard InChI is InChI=1S/C16H19N3O4/c1-3-9-18(11-15(20)21)16(22)14-8-10-19(17-14)12-4-6-13(23-2)7-5-12/h4-8,10H,3,9,11H2,1-2H3,(H,20,21). The highest BCUT2D eigenvalue weighted by Crippen LogP contribution is 2.15. The van der Waals surface area contributed by atoms with Gasteiger partial charge >= 0.3 is 5.97 Å². The van der Waals surface area contributed by atoms with Gasteiger partial charge in [-0.1, -0.05) is 6.92 Å². The summed E-state index contributed by atoms with van der Waals surface area (Å²) in [6.07, 6.45) is 2.35. The molecule has 1 heterocycles. The zero-order chi connectivity index (χ0) is 16.8. The highest BCUT2D eigenvalue weighted by Gasteiger charge is 2.20. The predicted molar refractivity (Wildman–Crippen MR) is 83.9 cm³/mol. The van der Waals surface area contributed by atoms with Crippen molar-refractivity contribution in [2.75, 3.05) is 20.2 Å². The number of hydrogen-bond acceptors (Lipinski definition) is 4. The highest BCUT2D eigenvalue weighted by atomic mass is 16.5. The van der Waals surface area contributed by atoms with Gasteiger partial charge in [0.1, 0.15) is 12.3 Å². The fraction of sp³-hybridized carbons (Fsp3) is 0.312. The van der Waals surface area contributed by atoms with Crippen molar-refractivity contribution in [1.29, 1.82) is 0 Å². The Hall–Kier alpha value is -2.83. The summed E-state index contributed by atoms with van der Waals surface area (Å²) in [5.41, 5.74) is 1.00. The van der Waals surface area contributed by atoms with Crippen LogP contribution in [-0.4, -0.2) is 51.9 Å². The Balaban J connectivity index is 2.18. The number of ether oxygens (including phenoxy) is 1. The van der Waals surface area contributed by atoms with Crippen LogP contribution < -0.4 is 4.74 Å². The molecule has 0 atom stereocenters. The van der Waals surface area contributed by atoms with Crippen molar-refractivity contribution in [3.05, 3.63) is 42.2 Å². The van der Waals surface area contributed by atoms with Crippen molar-refractivity contribution in [2.24, 2.45) is 0 Å². The van der Waals surface area contributed by atoms with E-state index in [2.05, 4.69) is 5.10 Å². The molecule has 122 valence electrons. The average Bonchev–Trinajstić information content (AvgIpc) is 3.03. The van der Waals surface area contributed by atoms with Gasteiger partial charge in [0.15, 0.2) is 5.69 Å². The first-order chi connectivity index (χ1) is 11.0. The van der Waals surface area contributed by atoms with Crippen molar-refractivity contribution in [3.63, 3.8) is 0 Å². The number of amides is 1. The number of nitrogens with zero attached hydrogens (tertiary/aromatic N) is 3. The van der Waals surface area contributed by atoms with E-state index < -0.39 is 5.97 Å². The van der Waals surface area contributed by atoms with Crippen molar-refractivity contribution in [1.82, 2.24) is 14.7 Å². The van der Waals surface area contributed by atoms with Gasteiger partial charge in [0.25, 0.3) is 5.91 Å². The van der Waals surface area contributed by atoms with Gasteiger partial charge in [-0.15, -0.1) is 0 Å². The molecular weight excluding hydrogens is 298 g/mol. The lowest BCUT2D eigenvalue weighted by atomic mass is 10.3. The normalized spacial score (nSPS) is 10.3. The smallest absolute Gasteiger partial charge is 0.323 e. The monoisotopic (exact) mass is 317 g/mol. The topological polar surface area (TPSA) is 84.7 Å². The molecule has 7 nitrogen and oxygen atoms in total. The van der Waals surface area contributed by atoms with Crippen LogP contribution in [0.2, 0.25) is 0 Å². The molecule has 0 fully saturated rings. The van der Waals surface area contributed by atoms with Crippen LogP contribution >= 0.6 is 0 Å². The molecule has 1 amide bonds. The van der Waals surface area contributed by atoms with Gasteiger partial charge in [-0.3, -0.25) is 9.59 Å². The number of carbonyl (C=O) groups is 2. The van der Waals surface area contributed by atoms with Crippen molar-refractivity contribution >= 4 is 11.9 Å². The molecule has 1 aromatic carbocycles. The maximum absolute atomic E-state index is 12.4. The predicted octanol–water partition coefficient (Wildman–Crippen LogP) is 1.82. The Morgan fingerprint density at radius 3 is 2.52 bits per heavy atom. The Bertz CT molecular complexity index is 679. The third kappa shape index (κ3) is 4.09. The molecule has 0 saturated heterocycles. The number of hydrogen-bond donors (Lipinski definition) is 1. The second kappa shape index (κ2) is 7.44. The molecule has 7 heteroatoms. The molecule has 1 N–H and O–H groups in total. The zero-order valence-electron chi connectivity index (χ0n) is 13.1. The molecule has 2 aromatic rings. The maximum Gasteiger partial charge on any atom is 0.323 e. The summed E-state index contributed by atoms with van der Waals surface area (Å²) >= 11 is 0. The molecular formula is C16H19N3O4. The Kier molecular flexibility index (Phi) is 5.35. The number of carboxylic acids is 1. The van der Waals surface area contributed by atoms with Crippen LogP contribution in [0.1, 0.15) is 23.8 Å². The second-order valence-corrected chi connectivity index (χ2v) is 4.96. The van der Waals surface area contributed by atoms with E-state index in [9.17, 15) is 9.59 Å². The van der Waals surface area contributed by atoms with E-state index in [0.717, 1.165) is 11.4 Å². The van der Waals surface area contributed by atoms with E-state index in [1.165, 1.54) is 4.90 Å². The summed E-state index contributed by atoms with van der Waals surface area (Å²) < 4.78 is 6.66. The minimum absolute atomic E-state index is 0.218. The maximum atomic E-state index is 12.4. The number of rotatable bonds is 7. The average molecular weight is 317 g/mol. The summed E-state index contributed by atoms with van der Waals surface area (Å²) in [5.74, 6) is -0.698. The number of carbonyl (C=O) groups excluding carboxylic acids is 1. The van der Waals surface area contributed by atoms with E-state index in [1.54, 1.807) is 36.2 Å². The largest absolute Gasteiger partial charge is 0.497 e. The molecule has 0 unspecified atom stereocenters. The van der Waals surface area contributed by atoms with Gasteiger partial charge in [-0.05, 0) is 36.8 Å². The molecule has 0 spiro atoms. The quantitative estimate of drug-likeness (QED) is 0.842. The minimum Gasteiger partial charge on any atom is -0.497 e. The van der Waals surface area contributed by atoms with Crippen molar-refractivity contribution in [2.45, 2.75) is 13.3 Å². The molecule has 1 aromatic heterocycles. The van der Waals surface area contributed by atoms with Crippen LogP contribution in [-0.2, 0) is 4.79 Å². The molecule has 0 saturated carbocycles. The van der Waals surface area contributed by atoms with E-state index >= 15 is 0 Å². The van der Waals surface area contributed by atoms with Gasteiger partial charge < -0.3 is 14.7 Å². The van der Waals surface area contributed by atoms with Crippen LogP contribution in [0.5, 0.6) is 5.75 Å². The van der Waals surface area contributed by atoms with Gasteiger partial charge in [0.05, 0.1) is 12.8 Å². The van der Waals surface area contributed by atoms with Crippen LogP contribution in [0.3, 0.4) is 0 Å². The second-order valence-electron chi connectivity index (χ2n) is 4.96. The van der Waals surface area contributed by atoms with Crippen molar-refractivity contribution in [3.8, 4) is 11.4 Å². The van der Waals surface area contributed by atoms with Crippen molar-refractivity contribution < 1.29 is 19.4 Å². The summed E-state index contributed by atoms with van der Waals surface area (Å²) in [6.45, 7) is 1.93. The number of carboxylic acid groups (broad SMARTS) is 1. The SMILES string of the molecule is CCCN(CC(=O)O)C(=O)c1ccn(-c2ccc(OC)cc2)n1. The third-order valence-electron chi connectivity index (χ3n) is 3.25. The first kappa shape index (κ1) is 16.5. The lowest BCUT2D eigenvalue weighted by Gasteiger charge is -2.18. The van der Waals surface area contributed by atoms with E-state index in [1.807, 2.05) is 19.1 Å². The minimum atomic E-state index is -1.04. The number of aliphatic carboxylic acids is 1. The summed E-state index contributed by atoms with van der Waals surface area (Å²) in [4.78, 5) is 24.5. The lowest BCUT2D eigenvalue weighted by Crippen LogP contribution is -2.36. The molecule has 23 heavy (non-hydrogen) atoms. The summed E-state index contributed by atoms with van der Waals surface area (Å²) in [7, 11) is 1.59. The molecule has 0 bridgehead atoms. The molecule has 0 aliphatic heterocycles.